The third-order valence-corrected chi connectivity index (χ3v) is 5.43. The van der Waals surface area contributed by atoms with E-state index in [4.69, 9.17) is 9.47 Å². The van der Waals surface area contributed by atoms with Gasteiger partial charge in [0.1, 0.15) is 11.5 Å². The lowest BCUT2D eigenvalue weighted by atomic mass is 10.00. The molecule has 3 rings (SSSR count). The van der Waals surface area contributed by atoms with Gasteiger partial charge in [-0.05, 0) is 36.4 Å². The second kappa shape index (κ2) is 6.62. The monoisotopic (exact) mass is 331 g/mol. The molecule has 1 aromatic heterocycles. The van der Waals surface area contributed by atoms with Crippen LogP contribution >= 0.6 is 11.3 Å². The highest BCUT2D eigenvalue weighted by Gasteiger charge is 2.28. The number of hydrogen-bond acceptors (Lipinski definition) is 4. The molecule has 1 aromatic carbocycles. The van der Waals surface area contributed by atoms with Gasteiger partial charge in [0, 0.05) is 23.1 Å². The molecule has 1 atom stereocenters. The smallest absolute Gasteiger partial charge is 0.227 e. The summed E-state index contributed by atoms with van der Waals surface area (Å²) in [6.07, 6.45) is 1.29. The molecule has 0 fully saturated rings. The van der Waals surface area contributed by atoms with E-state index in [0.29, 0.717) is 12.2 Å². The SMILES string of the molecule is COc1ccc(CC(=O)N2CCc3sccc3[C@H]2C)c(OC)c1. The van der Waals surface area contributed by atoms with E-state index >= 15 is 0 Å². The highest BCUT2D eigenvalue weighted by atomic mass is 32.1. The van der Waals surface area contributed by atoms with Crippen molar-refractivity contribution in [2.75, 3.05) is 20.8 Å². The van der Waals surface area contributed by atoms with Crippen LogP contribution in [0.25, 0.3) is 0 Å². The van der Waals surface area contributed by atoms with E-state index in [0.717, 1.165) is 24.3 Å². The molecular formula is C18H21NO3S. The lowest BCUT2D eigenvalue weighted by Crippen LogP contribution is -2.39. The predicted octanol–water partition coefficient (Wildman–Crippen LogP) is 3.45. The average molecular weight is 331 g/mol. The van der Waals surface area contributed by atoms with Gasteiger partial charge >= 0.3 is 0 Å². The number of methoxy groups -OCH3 is 2. The van der Waals surface area contributed by atoms with E-state index in [-0.39, 0.29) is 11.9 Å². The zero-order chi connectivity index (χ0) is 16.4. The van der Waals surface area contributed by atoms with Crippen molar-refractivity contribution < 1.29 is 14.3 Å². The maximum atomic E-state index is 12.8. The molecule has 4 nitrogen and oxygen atoms in total. The zero-order valence-corrected chi connectivity index (χ0v) is 14.5. The molecule has 0 saturated heterocycles. The number of amides is 1. The fourth-order valence-corrected chi connectivity index (χ4v) is 4.08. The Morgan fingerprint density at radius 3 is 2.87 bits per heavy atom. The first-order chi connectivity index (χ1) is 11.1. The zero-order valence-electron chi connectivity index (χ0n) is 13.7. The van der Waals surface area contributed by atoms with Crippen LogP contribution in [-0.2, 0) is 17.6 Å². The molecular weight excluding hydrogens is 310 g/mol. The summed E-state index contributed by atoms with van der Waals surface area (Å²) in [4.78, 5) is 16.2. The van der Waals surface area contributed by atoms with Crippen LogP contribution in [0.1, 0.15) is 29.0 Å². The number of carbonyl (C=O) groups excluding carboxylic acids is 1. The van der Waals surface area contributed by atoms with Crippen molar-refractivity contribution in [2.24, 2.45) is 0 Å². The highest BCUT2D eigenvalue weighted by molar-refractivity contribution is 7.10. The highest BCUT2D eigenvalue weighted by Crippen LogP contribution is 2.33. The van der Waals surface area contributed by atoms with Crippen molar-refractivity contribution in [3.05, 3.63) is 45.6 Å². The van der Waals surface area contributed by atoms with Gasteiger partial charge in [-0.15, -0.1) is 11.3 Å². The van der Waals surface area contributed by atoms with Gasteiger partial charge in [-0.1, -0.05) is 6.07 Å². The minimum Gasteiger partial charge on any atom is -0.497 e. The van der Waals surface area contributed by atoms with Crippen LogP contribution in [0.15, 0.2) is 29.6 Å². The van der Waals surface area contributed by atoms with Crippen LogP contribution in [0, 0.1) is 0 Å². The summed E-state index contributed by atoms with van der Waals surface area (Å²) >= 11 is 1.79. The molecule has 0 unspecified atom stereocenters. The van der Waals surface area contributed by atoms with Gasteiger partial charge in [-0.2, -0.15) is 0 Å². The first-order valence-electron chi connectivity index (χ1n) is 7.70. The number of benzene rings is 1. The molecule has 0 saturated carbocycles. The Morgan fingerprint density at radius 2 is 2.13 bits per heavy atom. The van der Waals surface area contributed by atoms with Gasteiger partial charge in [0.25, 0.3) is 0 Å². The summed E-state index contributed by atoms with van der Waals surface area (Å²) in [5, 5.41) is 2.11. The van der Waals surface area contributed by atoms with Crippen LogP contribution < -0.4 is 9.47 Å². The third kappa shape index (κ3) is 3.06. The van der Waals surface area contributed by atoms with Crippen molar-refractivity contribution in [2.45, 2.75) is 25.8 Å². The Bertz CT molecular complexity index is 710. The number of fused-ring (bicyclic) bond motifs is 1. The first kappa shape index (κ1) is 15.9. The maximum Gasteiger partial charge on any atom is 0.227 e. The molecule has 1 amide bonds. The molecule has 23 heavy (non-hydrogen) atoms. The molecule has 0 radical (unpaired) electrons. The normalized spacial score (nSPS) is 16.8. The van der Waals surface area contributed by atoms with Crippen molar-refractivity contribution in [3.8, 4) is 11.5 Å². The van der Waals surface area contributed by atoms with Crippen molar-refractivity contribution in [3.63, 3.8) is 0 Å². The van der Waals surface area contributed by atoms with Gasteiger partial charge in [0.05, 0.1) is 26.7 Å². The topological polar surface area (TPSA) is 38.8 Å². The van der Waals surface area contributed by atoms with Gasteiger partial charge in [0.2, 0.25) is 5.91 Å². The molecule has 122 valence electrons. The number of rotatable bonds is 4. The molecule has 2 aromatic rings. The lowest BCUT2D eigenvalue weighted by Gasteiger charge is -2.34. The number of hydrogen-bond donors (Lipinski definition) is 0. The van der Waals surface area contributed by atoms with Crippen LogP contribution in [-0.4, -0.2) is 31.6 Å². The van der Waals surface area contributed by atoms with Gasteiger partial charge in [-0.25, -0.2) is 0 Å². The van der Waals surface area contributed by atoms with E-state index < -0.39 is 0 Å². The fourth-order valence-electron chi connectivity index (χ4n) is 3.11. The fraction of sp³-hybridized carbons (Fsp3) is 0.389. The summed E-state index contributed by atoms with van der Waals surface area (Å²) < 4.78 is 10.6. The lowest BCUT2D eigenvalue weighted by molar-refractivity contribution is -0.133. The van der Waals surface area contributed by atoms with Crippen molar-refractivity contribution >= 4 is 17.2 Å². The minimum absolute atomic E-state index is 0.137. The van der Waals surface area contributed by atoms with Crippen LogP contribution in [0.3, 0.4) is 0 Å². The quantitative estimate of drug-likeness (QED) is 0.861. The Hall–Kier alpha value is -2.01. The van der Waals surface area contributed by atoms with Gasteiger partial charge in [-0.3, -0.25) is 4.79 Å². The van der Waals surface area contributed by atoms with E-state index in [1.165, 1.54) is 10.4 Å². The maximum absolute atomic E-state index is 12.8. The van der Waals surface area contributed by atoms with Crippen LogP contribution in [0.4, 0.5) is 0 Å². The van der Waals surface area contributed by atoms with E-state index in [1.807, 2.05) is 23.1 Å². The molecule has 0 aliphatic carbocycles. The van der Waals surface area contributed by atoms with E-state index in [9.17, 15) is 4.79 Å². The van der Waals surface area contributed by atoms with E-state index in [2.05, 4.69) is 18.4 Å². The Morgan fingerprint density at radius 1 is 1.30 bits per heavy atom. The van der Waals surface area contributed by atoms with Crippen LogP contribution in [0.2, 0.25) is 0 Å². The molecule has 2 heterocycles. The van der Waals surface area contributed by atoms with Crippen molar-refractivity contribution in [1.29, 1.82) is 0 Å². The number of nitrogens with zero attached hydrogens (tertiary/aromatic N) is 1. The van der Waals surface area contributed by atoms with Crippen molar-refractivity contribution in [1.82, 2.24) is 4.90 Å². The summed E-state index contributed by atoms with van der Waals surface area (Å²) in [5.41, 5.74) is 2.18. The number of carbonyl (C=O) groups is 1. The molecule has 1 aliphatic rings. The largest absolute Gasteiger partial charge is 0.497 e. The first-order valence-corrected chi connectivity index (χ1v) is 8.58. The summed E-state index contributed by atoms with van der Waals surface area (Å²) in [6, 6.07) is 7.86. The van der Waals surface area contributed by atoms with Crippen LogP contribution in [0.5, 0.6) is 11.5 Å². The predicted molar refractivity (Wildman–Crippen MR) is 91.4 cm³/mol. The molecule has 0 N–H and O–H groups in total. The Kier molecular flexibility index (Phi) is 4.57. The number of thiophene rings is 1. The van der Waals surface area contributed by atoms with E-state index in [1.54, 1.807) is 25.6 Å². The molecule has 0 bridgehead atoms. The van der Waals surface area contributed by atoms with Gasteiger partial charge < -0.3 is 14.4 Å². The average Bonchev–Trinajstić information content (AvgIpc) is 3.05. The summed E-state index contributed by atoms with van der Waals surface area (Å²) in [6.45, 7) is 2.89. The molecule has 0 spiro atoms. The summed E-state index contributed by atoms with van der Waals surface area (Å²) in [7, 11) is 3.23. The Labute approximate surface area is 140 Å². The second-order valence-electron chi connectivity index (χ2n) is 5.67. The second-order valence-corrected chi connectivity index (χ2v) is 6.67. The molecule has 1 aliphatic heterocycles. The third-order valence-electron chi connectivity index (χ3n) is 4.43. The molecule has 5 heteroatoms. The minimum atomic E-state index is 0.137. The summed E-state index contributed by atoms with van der Waals surface area (Å²) in [5.74, 6) is 1.56. The standard InChI is InChI=1S/C18H21NO3S/c1-12-15-7-9-23-17(15)6-8-19(12)18(20)10-13-4-5-14(21-2)11-16(13)22-3/h4-5,7,9,11-12H,6,8,10H2,1-3H3/t12-/m1/s1. The van der Waals surface area contributed by atoms with Gasteiger partial charge in [0.15, 0.2) is 0 Å². The Balaban J connectivity index is 1.77. The number of ether oxygens (including phenoxy) is 2.